The first-order valence-electron chi connectivity index (χ1n) is 6.30. The lowest BCUT2D eigenvalue weighted by atomic mass is 9.87. The molecular weight excluding hydrogens is 208 g/mol. The maximum absolute atomic E-state index is 5.87. The topological polar surface area (TPSA) is 41.8 Å². The molecule has 88 valence electrons. The Morgan fingerprint density at radius 2 is 2.24 bits per heavy atom. The number of H-pyrrole nitrogens is 1. The number of benzene rings is 1. The van der Waals surface area contributed by atoms with Gasteiger partial charge in [-0.25, -0.2) is 0 Å². The highest BCUT2D eigenvalue weighted by atomic mass is 14.7. The smallest absolute Gasteiger partial charge is 0.0461 e. The molecule has 1 aromatic carbocycles. The summed E-state index contributed by atoms with van der Waals surface area (Å²) in [6.07, 6.45) is 8.18. The highest BCUT2D eigenvalue weighted by molar-refractivity contribution is 5.94. The van der Waals surface area contributed by atoms with Gasteiger partial charge in [0.15, 0.2) is 0 Å². The molecule has 2 aromatic rings. The van der Waals surface area contributed by atoms with Crippen LogP contribution in [0.15, 0.2) is 30.5 Å². The van der Waals surface area contributed by atoms with E-state index < -0.39 is 0 Å². The van der Waals surface area contributed by atoms with Crippen molar-refractivity contribution in [2.45, 2.75) is 26.2 Å². The molecule has 0 spiro atoms. The molecule has 0 fully saturated rings. The van der Waals surface area contributed by atoms with Crippen molar-refractivity contribution in [1.29, 1.82) is 0 Å². The Morgan fingerprint density at radius 1 is 1.35 bits per heavy atom. The van der Waals surface area contributed by atoms with Gasteiger partial charge in [0.1, 0.15) is 0 Å². The zero-order valence-electron chi connectivity index (χ0n) is 10.2. The molecule has 0 aliphatic heterocycles. The Labute approximate surface area is 102 Å². The van der Waals surface area contributed by atoms with Crippen molar-refractivity contribution < 1.29 is 0 Å². The quantitative estimate of drug-likeness (QED) is 0.710. The highest BCUT2D eigenvalue weighted by Gasteiger charge is 2.14. The average Bonchev–Trinajstić information content (AvgIpc) is 2.73. The number of nitrogens with one attached hydrogen (secondary N) is 1. The van der Waals surface area contributed by atoms with Crippen LogP contribution in [0.1, 0.15) is 31.7 Å². The predicted octanol–water partition coefficient (Wildman–Crippen LogP) is 3.95. The highest BCUT2D eigenvalue weighted by Crippen LogP contribution is 2.34. The van der Waals surface area contributed by atoms with Gasteiger partial charge in [-0.1, -0.05) is 13.0 Å². The molecular formula is C15H18N2. The molecule has 1 aliphatic carbocycles. The number of hydrogen-bond donors (Lipinski definition) is 2. The number of aromatic amines is 1. The van der Waals surface area contributed by atoms with Gasteiger partial charge in [-0.05, 0) is 49.0 Å². The molecule has 2 heteroatoms. The second-order valence-electron chi connectivity index (χ2n) is 5.12. The second-order valence-corrected chi connectivity index (χ2v) is 5.12. The molecule has 0 saturated carbocycles. The van der Waals surface area contributed by atoms with Gasteiger partial charge in [0.25, 0.3) is 0 Å². The fourth-order valence-corrected chi connectivity index (χ4v) is 2.61. The number of rotatable bonds is 1. The normalized spacial score (nSPS) is 20.5. The van der Waals surface area contributed by atoms with Gasteiger partial charge in [0.2, 0.25) is 0 Å². The van der Waals surface area contributed by atoms with Crippen LogP contribution in [-0.2, 0) is 0 Å². The lowest BCUT2D eigenvalue weighted by Crippen LogP contribution is -2.00. The van der Waals surface area contributed by atoms with E-state index in [0.29, 0.717) is 0 Å². The number of nitrogen functional groups attached to an aromatic ring is 1. The van der Waals surface area contributed by atoms with Crippen molar-refractivity contribution in [1.82, 2.24) is 4.98 Å². The van der Waals surface area contributed by atoms with E-state index in [1.807, 2.05) is 6.07 Å². The van der Waals surface area contributed by atoms with E-state index in [-0.39, 0.29) is 0 Å². The third-order valence-corrected chi connectivity index (χ3v) is 3.72. The maximum atomic E-state index is 5.87. The van der Waals surface area contributed by atoms with Crippen LogP contribution in [-0.4, -0.2) is 4.98 Å². The summed E-state index contributed by atoms with van der Waals surface area (Å²) in [4.78, 5) is 3.33. The molecule has 17 heavy (non-hydrogen) atoms. The monoisotopic (exact) mass is 226 g/mol. The van der Waals surface area contributed by atoms with Gasteiger partial charge >= 0.3 is 0 Å². The number of nitrogens with two attached hydrogens (primary N) is 1. The molecule has 3 rings (SSSR count). The first-order valence-corrected chi connectivity index (χ1v) is 6.30. The van der Waals surface area contributed by atoms with Crippen LogP contribution in [0.4, 0.5) is 5.69 Å². The van der Waals surface area contributed by atoms with Crippen molar-refractivity contribution in [3.63, 3.8) is 0 Å². The van der Waals surface area contributed by atoms with Gasteiger partial charge in [-0.2, -0.15) is 0 Å². The summed E-state index contributed by atoms with van der Waals surface area (Å²) >= 11 is 0. The molecule has 0 bridgehead atoms. The fourth-order valence-electron chi connectivity index (χ4n) is 2.61. The van der Waals surface area contributed by atoms with Crippen LogP contribution < -0.4 is 5.73 Å². The van der Waals surface area contributed by atoms with Crippen molar-refractivity contribution in [2.75, 3.05) is 5.73 Å². The molecule has 0 radical (unpaired) electrons. The first kappa shape index (κ1) is 10.5. The van der Waals surface area contributed by atoms with Crippen LogP contribution in [0, 0.1) is 5.92 Å². The van der Waals surface area contributed by atoms with E-state index >= 15 is 0 Å². The van der Waals surface area contributed by atoms with Gasteiger partial charge in [-0.15, -0.1) is 0 Å². The molecule has 0 amide bonds. The largest absolute Gasteiger partial charge is 0.399 e. The lowest BCUT2D eigenvalue weighted by Gasteiger charge is -2.17. The Kier molecular flexibility index (Phi) is 2.43. The first-order chi connectivity index (χ1) is 8.24. The number of hydrogen-bond acceptors (Lipinski definition) is 1. The lowest BCUT2D eigenvalue weighted by molar-refractivity contribution is 0.534. The van der Waals surface area contributed by atoms with E-state index in [9.17, 15) is 0 Å². The van der Waals surface area contributed by atoms with Crippen LogP contribution in [0.25, 0.3) is 16.5 Å². The van der Waals surface area contributed by atoms with Crippen LogP contribution in [0.2, 0.25) is 0 Å². The number of anilines is 1. The van der Waals surface area contributed by atoms with Crippen LogP contribution in [0.5, 0.6) is 0 Å². The van der Waals surface area contributed by atoms with E-state index in [0.717, 1.165) is 11.6 Å². The summed E-state index contributed by atoms with van der Waals surface area (Å²) < 4.78 is 0. The number of aromatic nitrogens is 1. The van der Waals surface area contributed by atoms with E-state index in [2.05, 4.69) is 36.3 Å². The number of allylic oxidation sites excluding steroid dienone is 2. The molecule has 2 nitrogen and oxygen atoms in total. The summed E-state index contributed by atoms with van der Waals surface area (Å²) in [6, 6.07) is 6.07. The van der Waals surface area contributed by atoms with Crippen molar-refractivity contribution in [3.05, 3.63) is 36.0 Å². The number of fused-ring (bicyclic) bond motifs is 1. The average molecular weight is 226 g/mol. The van der Waals surface area contributed by atoms with Crippen molar-refractivity contribution in [3.8, 4) is 0 Å². The second kappa shape index (κ2) is 3.95. The fraction of sp³-hybridized carbons (Fsp3) is 0.333. The maximum Gasteiger partial charge on any atom is 0.0461 e. The summed E-state index contributed by atoms with van der Waals surface area (Å²) in [5, 5.41) is 1.26. The molecule has 3 N–H and O–H groups in total. The van der Waals surface area contributed by atoms with Gasteiger partial charge in [0.05, 0.1) is 0 Å². The SMILES string of the molecule is CC1CC=C(c2c[nH]c3ccc(N)cc23)CC1. The summed E-state index contributed by atoms with van der Waals surface area (Å²) in [5.41, 5.74) is 10.7. The standard InChI is InChI=1S/C15H18N2/c1-10-2-4-11(5-3-10)14-9-17-15-7-6-12(16)8-13(14)15/h4,6-10,17H,2-3,5,16H2,1H3. The van der Waals surface area contributed by atoms with Crippen molar-refractivity contribution >= 4 is 22.2 Å². The molecule has 1 aromatic heterocycles. The van der Waals surface area contributed by atoms with E-state index in [1.54, 1.807) is 0 Å². The third kappa shape index (κ3) is 1.84. The minimum atomic E-state index is 0.828. The molecule has 1 unspecified atom stereocenters. The van der Waals surface area contributed by atoms with E-state index in [1.165, 1.54) is 41.3 Å². The molecule has 1 heterocycles. The Hall–Kier alpha value is -1.70. The van der Waals surface area contributed by atoms with Gasteiger partial charge < -0.3 is 10.7 Å². The Morgan fingerprint density at radius 3 is 3.00 bits per heavy atom. The summed E-state index contributed by atoms with van der Waals surface area (Å²) in [5.74, 6) is 0.828. The van der Waals surface area contributed by atoms with Gasteiger partial charge in [-0.3, -0.25) is 0 Å². The molecule has 1 atom stereocenters. The summed E-state index contributed by atoms with van der Waals surface area (Å²) in [7, 11) is 0. The van der Waals surface area contributed by atoms with E-state index in [4.69, 9.17) is 5.73 Å². The summed E-state index contributed by atoms with van der Waals surface area (Å²) in [6.45, 7) is 2.32. The van der Waals surface area contributed by atoms with Crippen LogP contribution in [0.3, 0.4) is 0 Å². The zero-order valence-corrected chi connectivity index (χ0v) is 10.2. The van der Waals surface area contributed by atoms with Crippen molar-refractivity contribution in [2.24, 2.45) is 5.92 Å². The Bertz CT molecular complexity index is 578. The minimum Gasteiger partial charge on any atom is -0.399 e. The third-order valence-electron chi connectivity index (χ3n) is 3.72. The van der Waals surface area contributed by atoms with Gasteiger partial charge in [0, 0.05) is 28.4 Å². The molecule has 1 aliphatic rings. The predicted molar refractivity (Wildman–Crippen MR) is 73.7 cm³/mol. The Balaban J connectivity index is 2.08. The minimum absolute atomic E-state index is 0.828. The zero-order chi connectivity index (χ0) is 11.8. The molecule has 0 saturated heterocycles. The van der Waals surface area contributed by atoms with Crippen LogP contribution >= 0.6 is 0 Å².